The Morgan fingerprint density at radius 3 is 2.46 bits per heavy atom. The Morgan fingerprint density at radius 2 is 1.73 bits per heavy atom. The highest BCUT2D eigenvalue weighted by Gasteiger charge is 2.48. The number of benzene rings is 3. The van der Waals surface area contributed by atoms with E-state index in [-0.39, 0.29) is 12.3 Å². The SMILES string of the molecule is CC1(C)Oc2ccc(OCc3ccccc3)cc2[C@@H]2O[C@H](CC(=O)NS(=O)(=O)c3ccccc3C(F)(F)F)CC[C@H]21. The van der Waals surface area contributed by atoms with E-state index in [4.69, 9.17) is 14.2 Å². The van der Waals surface area contributed by atoms with Gasteiger partial charge in [-0.15, -0.1) is 0 Å². The van der Waals surface area contributed by atoms with E-state index in [1.165, 1.54) is 6.07 Å². The van der Waals surface area contributed by atoms with Gasteiger partial charge in [-0.1, -0.05) is 42.5 Å². The molecule has 41 heavy (non-hydrogen) atoms. The van der Waals surface area contributed by atoms with E-state index >= 15 is 0 Å². The lowest BCUT2D eigenvalue weighted by Gasteiger charge is -2.48. The monoisotopic (exact) mass is 589 g/mol. The second-order valence-electron chi connectivity index (χ2n) is 10.8. The fourth-order valence-electron chi connectivity index (χ4n) is 5.46. The molecule has 0 unspecified atom stereocenters. The zero-order chi connectivity index (χ0) is 29.4. The molecule has 1 saturated heterocycles. The Kier molecular flexibility index (Phi) is 7.78. The van der Waals surface area contributed by atoms with Gasteiger partial charge in [0.05, 0.1) is 29.1 Å². The molecule has 1 amide bonds. The van der Waals surface area contributed by atoms with Crippen LogP contribution in [-0.2, 0) is 32.3 Å². The lowest BCUT2D eigenvalue weighted by Crippen LogP contribution is -2.49. The first-order valence-electron chi connectivity index (χ1n) is 13.2. The van der Waals surface area contributed by atoms with E-state index in [1.807, 2.05) is 62.4 Å². The van der Waals surface area contributed by atoms with Gasteiger partial charge in [0.25, 0.3) is 10.0 Å². The van der Waals surface area contributed by atoms with Crippen LogP contribution in [0.2, 0.25) is 0 Å². The summed E-state index contributed by atoms with van der Waals surface area (Å²) in [4.78, 5) is 11.8. The maximum absolute atomic E-state index is 13.4. The van der Waals surface area contributed by atoms with Gasteiger partial charge in [0.2, 0.25) is 5.91 Å². The number of halogens is 3. The molecule has 0 aliphatic carbocycles. The second kappa shape index (κ2) is 11.0. The van der Waals surface area contributed by atoms with Gasteiger partial charge in [-0.2, -0.15) is 13.2 Å². The van der Waals surface area contributed by atoms with Crippen molar-refractivity contribution in [2.24, 2.45) is 5.92 Å². The van der Waals surface area contributed by atoms with Crippen LogP contribution in [0.4, 0.5) is 13.2 Å². The van der Waals surface area contributed by atoms with Crippen molar-refractivity contribution in [2.75, 3.05) is 0 Å². The number of sulfonamides is 1. The van der Waals surface area contributed by atoms with Crippen LogP contribution in [-0.4, -0.2) is 26.0 Å². The van der Waals surface area contributed by atoms with E-state index < -0.39 is 50.4 Å². The summed E-state index contributed by atoms with van der Waals surface area (Å²) in [6.45, 7) is 4.30. The number of hydrogen-bond acceptors (Lipinski definition) is 6. The van der Waals surface area contributed by atoms with E-state index in [2.05, 4.69) is 0 Å². The first-order valence-corrected chi connectivity index (χ1v) is 14.7. The molecular formula is C30H30F3NO6S. The van der Waals surface area contributed by atoms with Crippen molar-refractivity contribution in [3.05, 3.63) is 89.5 Å². The number of fused-ring (bicyclic) bond motifs is 3. The predicted molar refractivity (Wildman–Crippen MR) is 144 cm³/mol. The minimum absolute atomic E-state index is 0.0546. The van der Waals surface area contributed by atoms with E-state index in [9.17, 15) is 26.4 Å². The molecule has 1 N–H and O–H groups in total. The van der Waals surface area contributed by atoms with Crippen LogP contribution < -0.4 is 14.2 Å². The summed E-state index contributed by atoms with van der Waals surface area (Å²) in [5.41, 5.74) is -0.143. The molecule has 7 nitrogen and oxygen atoms in total. The highest BCUT2D eigenvalue weighted by molar-refractivity contribution is 7.90. The molecule has 0 spiro atoms. The highest BCUT2D eigenvalue weighted by Crippen LogP contribution is 2.51. The summed E-state index contributed by atoms with van der Waals surface area (Å²) in [6.07, 6.45) is -5.27. The van der Waals surface area contributed by atoms with Crippen molar-refractivity contribution in [3.63, 3.8) is 0 Å². The standard InChI is InChI=1S/C30H30F3NO6S/c1-29(2)24-14-12-21(17-27(35)34-41(36,37)26-11-7-6-10-23(26)30(31,32)33)39-28(24)22-16-20(13-15-25(22)40-29)38-18-19-8-4-3-5-9-19/h3-11,13,15-16,21,24,28H,12,14,17-18H2,1-2H3,(H,34,35)/t21-,24+,28-/m0/s1. The third kappa shape index (κ3) is 6.36. The Labute approximate surface area is 236 Å². The minimum Gasteiger partial charge on any atom is -0.489 e. The number of alkyl halides is 3. The normalized spacial score (nSPS) is 21.6. The maximum atomic E-state index is 13.4. The number of rotatable bonds is 7. The largest absolute Gasteiger partial charge is 0.489 e. The topological polar surface area (TPSA) is 90.9 Å². The summed E-state index contributed by atoms with van der Waals surface area (Å²) in [5, 5.41) is 0. The van der Waals surface area contributed by atoms with Crippen molar-refractivity contribution in [2.45, 2.75) is 68.6 Å². The molecule has 5 rings (SSSR count). The van der Waals surface area contributed by atoms with Crippen LogP contribution in [0.1, 0.15) is 55.9 Å². The zero-order valence-corrected chi connectivity index (χ0v) is 23.3. The summed E-state index contributed by atoms with van der Waals surface area (Å²) >= 11 is 0. The summed E-state index contributed by atoms with van der Waals surface area (Å²) < 4.78 is 86.0. The lowest BCUT2D eigenvalue weighted by atomic mass is 9.75. The summed E-state index contributed by atoms with van der Waals surface area (Å²) in [6, 6.07) is 18.9. The molecule has 11 heteroatoms. The molecular weight excluding hydrogens is 559 g/mol. The molecule has 0 saturated carbocycles. The van der Waals surface area contributed by atoms with Gasteiger partial charge in [-0.3, -0.25) is 4.79 Å². The van der Waals surface area contributed by atoms with Crippen LogP contribution in [0.25, 0.3) is 0 Å². The van der Waals surface area contributed by atoms with Gasteiger partial charge >= 0.3 is 6.18 Å². The van der Waals surface area contributed by atoms with Gasteiger partial charge in [-0.05, 0) is 62.6 Å². The molecule has 3 aromatic carbocycles. The zero-order valence-electron chi connectivity index (χ0n) is 22.5. The van der Waals surface area contributed by atoms with Crippen molar-refractivity contribution >= 4 is 15.9 Å². The van der Waals surface area contributed by atoms with Crippen LogP contribution >= 0.6 is 0 Å². The predicted octanol–water partition coefficient (Wildman–Crippen LogP) is 6.19. The van der Waals surface area contributed by atoms with Crippen molar-refractivity contribution in [3.8, 4) is 11.5 Å². The average Bonchev–Trinajstić information content (AvgIpc) is 2.91. The maximum Gasteiger partial charge on any atom is 0.417 e. The quantitative estimate of drug-likeness (QED) is 0.354. The molecule has 2 aliphatic heterocycles. The molecule has 0 radical (unpaired) electrons. The van der Waals surface area contributed by atoms with Crippen molar-refractivity contribution < 1.29 is 40.6 Å². The molecule has 3 atom stereocenters. The first kappa shape index (κ1) is 28.9. The molecule has 2 heterocycles. The van der Waals surface area contributed by atoms with Crippen LogP contribution in [0.3, 0.4) is 0 Å². The van der Waals surface area contributed by atoms with Gasteiger partial charge in [0, 0.05) is 11.5 Å². The van der Waals surface area contributed by atoms with Gasteiger partial charge < -0.3 is 14.2 Å². The van der Waals surface area contributed by atoms with E-state index in [0.717, 1.165) is 23.3 Å². The number of nitrogens with one attached hydrogen (secondary N) is 1. The fraction of sp³-hybridized carbons (Fsp3) is 0.367. The van der Waals surface area contributed by atoms with Crippen molar-refractivity contribution in [1.29, 1.82) is 0 Å². The number of amides is 1. The number of ether oxygens (including phenoxy) is 3. The molecule has 2 aliphatic rings. The number of carbonyl (C=O) groups excluding carboxylic acids is 1. The molecule has 1 fully saturated rings. The average molecular weight is 590 g/mol. The number of hydrogen-bond donors (Lipinski definition) is 1. The summed E-state index contributed by atoms with van der Waals surface area (Å²) in [7, 11) is -4.76. The highest BCUT2D eigenvalue weighted by atomic mass is 32.2. The summed E-state index contributed by atoms with van der Waals surface area (Å²) in [5.74, 6) is 0.241. The van der Waals surface area contributed by atoms with Gasteiger partial charge in [0.1, 0.15) is 23.7 Å². The molecule has 3 aromatic rings. The van der Waals surface area contributed by atoms with Gasteiger partial charge in [-0.25, -0.2) is 13.1 Å². The Bertz CT molecular complexity index is 1520. The van der Waals surface area contributed by atoms with Crippen molar-refractivity contribution in [1.82, 2.24) is 4.72 Å². The van der Waals surface area contributed by atoms with Crippen LogP contribution in [0.5, 0.6) is 11.5 Å². The van der Waals surface area contributed by atoms with E-state index in [1.54, 1.807) is 4.72 Å². The first-order chi connectivity index (χ1) is 19.3. The third-order valence-electron chi connectivity index (χ3n) is 7.45. The van der Waals surface area contributed by atoms with Crippen LogP contribution in [0, 0.1) is 5.92 Å². The third-order valence-corrected chi connectivity index (χ3v) is 8.88. The Morgan fingerprint density at radius 1 is 1.02 bits per heavy atom. The molecule has 218 valence electrons. The second-order valence-corrected chi connectivity index (χ2v) is 12.4. The Hall–Kier alpha value is -3.57. The van der Waals surface area contributed by atoms with Gasteiger partial charge in [0.15, 0.2) is 0 Å². The number of carbonyl (C=O) groups is 1. The lowest BCUT2D eigenvalue weighted by molar-refractivity contribution is -0.155. The van der Waals surface area contributed by atoms with Crippen LogP contribution in [0.15, 0.2) is 77.7 Å². The van der Waals surface area contributed by atoms with E-state index in [0.29, 0.717) is 37.0 Å². The molecule has 0 aromatic heterocycles. The smallest absolute Gasteiger partial charge is 0.417 e. The Balaban J connectivity index is 1.31. The minimum atomic E-state index is -4.90. The molecule has 0 bridgehead atoms. The fourth-order valence-corrected chi connectivity index (χ4v) is 6.68.